The Bertz CT molecular complexity index is 320. The zero-order chi connectivity index (χ0) is 14.1. The maximum atomic E-state index is 11.1. The molecule has 2 N–H and O–H groups in total. The summed E-state index contributed by atoms with van der Waals surface area (Å²) in [5.41, 5.74) is -0.629. The van der Waals surface area contributed by atoms with Crippen LogP contribution in [0.5, 0.6) is 0 Å². The number of morpholine rings is 1. The number of aliphatic hydroxyl groups is 1. The zero-order valence-electron chi connectivity index (χ0n) is 11.9. The van der Waals surface area contributed by atoms with Crippen LogP contribution in [0.15, 0.2) is 0 Å². The monoisotopic (exact) mass is 272 g/mol. The molecule has 19 heavy (non-hydrogen) atoms. The summed E-state index contributed by atoms with van der Waals surface area (Å²) in [6.07, 6.45) is 0.700. The van der Waals surface area contributed by atoms with E-state index in [1.165, 1.54) is 0 Å². The van der Waals surface area contributed by atoms with Gasteiger partial charge in [-0.3, -0.25) is 9.69 Å². The quantitative estimate of drug-likeness (QED) is 0.696. The van der Waals surface area contributed by atoms with Gasteiger partial charge in [-0.25, -0.2) is 0 Å². The predicted octanol–water partition coefficient (Wildman–Crippen LogP) is 0.0584. The van der Waals surface area contributed by atoms with E-state index in [2.05, 4.69) is 5.32 Å². The molecule has 1 amide bonds. The minimum atomic E-state index is -0.879. The summed E-state index contributed by atoms with van der Waals surface area (Å²) in [5.74, 6) is -0.0517. The molecule has 6 heteroatoms. The number of piperidine rings is 1. The SMILES string of the molecule is CC(C)(C)OC(O)N1CCC2(CC1)CNC(=O)CO2. The van der Waals surface area contributed by atoms with E-state index in [1.54, 1.807) is 0 Å². The van der Waals surface area contributed by atoms with Crippen LogP contribution < -0.4 is 5.32 Å². The van der Waals surface area contributed by atoms with Crippen molar-refractivity contribution in [2.45, 2.75) is 51.2 Å². The summed E-state index contributed by atoms with van der Waals surface area (Å²) in [6.45, 7) is 7.86. The van der Waals surface area contributed by atoms with Gasteiger partial charge in [-0.05, 0) is 33.6 Å². The third-order valence-corrected chi connectivity index (χ3v) is 3.60. The lowest BCUT2D eigenvalue weighted by molar-refractivity contribution is -0.251. The maximum absolute atomic E-state index is 11.1. The zero-order valence-corrected chi connectivity index (χ0v) is 11.9. The normalized spacial score (nSPS) is 26.2. The van der Waals surface area contributed by atoms with Crippen molar-refractivity contribution in [1.29, 1.82) is 0 Å². The second-order valence-corrected chi connectivity index (χ2v) is 6.34. The second kappa shape index (κ2) is 5.36. The lowest BCUT2D eigenvalue weighted by Gasteiger charge is -2.45. The fourth-order valence-electron chi connectivity index (χ4n) is 2.44. The average molecular weight is 272 g/mol. The summed E-state index contributed by atoms with van der Waals surface area (Å²) in [6, 6.07) is 0. The number of carbonyl (C=O) groups excluding carboxylic acids is 1. The molecule has 1 atom stereocenters. The van der Waals surface area contributed by atoms with Crippen molar-refractivity contribution in [2.75, 3.05) is 26.2 Å². The van der Waals surface area contributed by atoms with E-state index in [4.69, 9.17) is 9.47 Å². The highest BCUT2D eigenvalue weighted by molar-refractivity contribution is 5.78. The summed E-state index contributed by atoms with van der Waals surface area (Å²) in [4.78, 5) is 13.0. The third-order valence-electron chi connectivity index (χ3n) is 3.60. The lowest BCUT2D eigenvalue weighted by atomic mass is 9.90. The number of ether oxygens (including phenoxy) is 2. The number of amides is 1. The van der Waals surface area contributed by atoms with Gasteiger partial charge in [-0.1, -0.05) is 0 Å². The van der Waals surface area contributed by atoms with E-state index in [-0.39, 0.29) is 23.7 Å². The van der Waals surface area contributed by atoms with Gasteiger partial charge in [0.25, 0.3) is 0 Å². The van der Waals surface area contributed by atoms with Crippen molar-refractivity contribution in [3.63, 3.8) is 0 Å². The molecule has 2 aliphatic rings. The van der Waals surface area contributed by atoms with Crippen LogP contribution in [0.1, 0.15) is 33.6 Å². The van der Waals surface area contributed by atoms with E-state index in [9.17, 15) is 9.90 Å². The van der Waals surface area contributed by atoms with Crippen LogP contribution in [0.4, 0.5) is 0 Å². The average Bonchev–Trinajstić information content (AvgIpc) is 2.32. The molecule has 0 aromatic carbocycles. The topological polar surface area (TPSA) is 71.0 Å². The number of aliphatic hydroxyl groups excluding tert-OH is 1. The fourth-order valence-corrected chi connectivity index (χ4v) is 2.44. The molecule has 0 aliphatic carbocycles. The fraction of sp³-hybridized carbons (Fsp3) is 0.923. The number of likely N-dealkylation sites (tertiary alicyclic amines) is 1. The first-order valence-electron chi connectivity index (χ1n) is 6.80. The first kappa shape index (κ1) is 14.7. The second-order valence-electron chi connectivity index (χ2n) is 6.34. The molecule has 110 valence electrons. The molecule has 0 bridgehead atoms. The molecule has 2 heterocycles. The van der Waals surface area contributed by atoms with Crippen LogP contribution in [-0.4, -0.2) is 59.8 Å². The molecule has 0 radical (unpaired) electrons. The van der Waals surface area contributed by atoms with Gasteiger partial charge in [0.2, 0.25) is 12.3 Å². The van der Waals surface area contributed by atoms with Gasteiger partial charge in [-0.15, -0.1) is 0 Å². The maximum Gasteiger partial charge on any atom is 0.246 e. The van der Waals surface area contributed by atoms with Crippen LogP contribution in [0.3, 0.4) is 0 Å². The first-order chi connectivity index (χ1) is 8.80. The van der Waals surface area contributed by atoms with Crippen molar-refractivity contribution in [1.82, 2.24) is 10.2 Å². The Kier molecular flexibility index (Phi) is 4.15. The molecule has 2 aliphatic heterocycles. The standard InChI is InChI=1S/C13H24N2O4/c1-12(2,3)19-11(17)15-6-4-13(5-7-15)9-14-10(16)8-18-13/h11,17H,4-9H2,1-3H3,(H,14,16). The van der Waals surface area contributed by atoms with Crippen LogP contribution >= 0.6 is 0 Å². The molecule has 2 fully saturated rings. The summed E-state index contributed by atoms with van der Waals surface area (Å²) in [7, 11) is 0. The highest BCUT2D eigenvalue weighted by Crippen LogP contribution is 2.29. The molecule has 0 saturated carbocycles. The molecule has 1 unspecified atom stereocenters. The Morgan fingerprint density at radius 2 is 2.05 bits per heavy atom. The van der Waals surface area contributed by atoms with Gasteiger partial charge in [0.1, 0.15) is 6.61 Å². The van der Waals surface area contributed by atoms with Crippen LogP contribution in [0.25, 0.3) is 0 Å². The number of hydrogen-bond donors (Lipinski definition) is 2. The van der Waals surface area contributed by atoms with E-state index in [0.717, 1.165) is 12.8 Å². The number of rotatable bonds is 2. The largest absolute Gasteiger partial charge is 0.363 e. The van der Waals surface area contributed by atoms with E-state index < -0.39 is 6.41 Å². The van der Waals surface area contributed by atoms with E-state index in [0.29, 0.717) is 19.6 Å². The van der Waals surface area contributed by atoms with Gasteiger partial charge >= 0.3 is 0 Å². The van der Waals surface area contributed by atoms with Crippen molar-refractivity contribution in [3.05, 3.63) is 0 Å². The van der Waals surface area contributed by atoms with Crippen molar-refractivity contribution >= 4 is 5.91 Å². The number of hydrogen-bond acceptors (Lipinski definition) is 5. The predicted molar refractivity (Wildman–Crippen MR) is 69.3 cm³/mol. The lowest BCUT2D eigenvalue weighted by Crippen LogP contribution is -2.59. The number of nitrogens with one attached hydrogen (secondary N) is 1. The Morgan fingerprint density at radius 1 is 1.42 bits per heavy atom. The molecule has 1 spiro atoms. The molecule has 0 aromatic heterocycles. The highest BCUT2D eigenvalue weighted by Gasteiger charge is 2.40. The Labute approximate surface area is 114 Å². The smallest absolute Gasteiger partial charge is 0.246 e. The first-order valence-corrected chi connectivity index (χ1v) is 6.80. The van der Waals surface area contributed by atoms with E-state index >= 15 is 0 Å². The van der Waals surface area contributed by atoms with Crippen LogP contribution in [0, 0.1) is 0 Å². The van der Waals surface area contributed by atoms with Crippen molar-refractivity contribution < 1.29 is 19.4 Å². The van der Waals surface area contributed by atoms with Gasteiger partial charge in [0.05, 0.1) is 11.2 Å². The Morgan fingerprint density at radius 3 is 2.53 bits per heavy atom. The molecule has 0 aromatic rings. The van der Waals surface area contributed by atoms with Gasteiger partial charge in [-0.2, -0.15) is 0 Å². The van der Waals surface area contributed by atoms with Gasteiger partial charge in [0.15, 0.2) is 0 Å². The summed E-state index contributed by atoms with van der Waals surface area (Å²) in [5, 5.41) is 12.9. The van der Waals surface area contributed by atoms with Gasteiger partial charge in [0, 0.05) is 19.6 Å². The van der Waals surface area contributed by atoms with Gasteiger partial charge < -0.3 is 19.9 Å². The minimum Gasteiger partial charge on any atom is -0.363 e. The van der Waals surface area contributed by atoms with Crippen molar-refractivity contribution in [2.24, 2.45) is 0 Å². The van der Waals surface area contributed by atoms with Crippen LogP contribution in [0.2, 0.25) is 0 Å². The minimum absolute atomic E-state index is 0.0517. The summed E-state index contributed by atoms with van der Waals surface area (Å²) < 4.78 is 11.2. The number of carbonyl (C=O) groups is 1. The molecular formula is C13H24N2O4. The Hall–Kier alpha value is -0.690. The molecule has 2 saturated heterocycles. The Balaban J connectivity index is 1.83. The highest BCUT2D eigenvalue weighted by atomic mass is 16.6. The van der Waals surface area contributed by atoms with Crippen LogP contribution in [-0.2, 0) is 14.3 Å². The molecule has 6 nitrogen and oxygen atoms in total. The molecular weight excluding hydrogens is 248 g/mol. The molecule has 2 rings (SSSR count). The third kappa shape index (κ3) is 3.89. The van der Waals surface area contributed by atoms with E-state index in [1.807, 2.05) is 25.7 Å². The number of nitrogens with zero attached hydrogens (tertiary/aromatic N) is 1. The van der Waals surface area contributed by atoms with Crippen molar-refractivity contribution in [3.8, 4) is 0 Å². The summed E-state index contributed by atoms with van der Waals surface area (Å²) >= 11 is 0.